The first-order chi connectivity index (χ1) is 18.2. The molecule has 0 aromatic heterocycles. The maximum absolute atomic E-state index is 13.8. The first-order valence-electron chi connectivity index (χ1n) is 12.5. The van der Waals surface area contributed by atoms with Gasteiger partial charge in [0.1, 0.15) is 12.3 Å². The standard InChI is InChI=1S/C29H36N2O6S/c1-6-37-25-11-9-23(10-12-25)8-7-15-30-29(32)20-31(24-17-21(2)16-22(3)18-24)38(33,34)26-13-14-27(35-4)28(19-26)36-5/h9-14,16-19H,6-8,15,20H2,1-5H3,(H,30,32). The lowest BCUT2D eigenvalue weighted by atomic mass is 10.1. The number of rotatable bonds is 13. The van der Waals surface area contributed by atoms with Gasteiger partial charge in [0.25, 0.3) is 10.0 Å². The molecular formula is C29H36N2O6S. The van der Waals surface area contributed by atoms with Crippen molar-refractivity contribution >= 4 is 21.6 Å². The number of ether oxygens (including phenoxy) is 3. The van der Waals surface area contributed by atoms with Crippen LogP contribution in [-0.2, 0) is 21.2 Å². The predicted molar refractivity (Wildman–Crippen MR) is 149 cm³/mol. The molecule has 0 atom stereocenters. The number of sulfonamides is 1. The molecule has 3 aromatic carbocycles. The van der Waals surface area contributed by atoms with Crippen molar-refractivity contribution in [3.63, 3.8) is 0 Å². The second-order valence-corrected chi connectivity index (χ2v) is 10.8. The largest absolute Gasteiger partial charge is 0.494 e. The minimum absolute atomic E-state index is 0.00221. The molecule has 0 bridgehead atoms. The molecule has 204 valence electrons. The number of nitrogens with zero attached hydrogens (tertiary/aromatic N) is 1. The number of aryl methyl sites for hydroxylation is 3. The lowest BCUT2D eigenvalue weighted by molar-refractivity contribution is -0.119. The molecular weight excluding hydrogens is 504 g/mol. The van der Waals surface area contributed by atoms with Gasteiger partial charge in [0.15, 0.2) is 11.5 Å². The minimum atomic E-state index is -4.10. The molecule has 3 aromatic rings. The van der Waals surface area contributed by atoms with Crippen LogP contribution in [0, 0.1) is 13.8 Å². The van der Waals surface area contributed by atoms with Gasteiger partial charge >= 0.3 is 0 Å². The van der Waals surface area contributed by atoms with E-state index in [-0.39, 0.29) is 23.1 Å². The molecule has 9 heteroatoms. The van der Waals surface area contributed by atoms with E-state index in [2.05, 4.69) is 5.32 Å². The van der Waals surface area contributed by atoms with Crippen molar-refractivity contribution in [2.24, 2.45) is 0 Å². The van der Waals surface area contributed by atoms with Crippen molar-refractivity contribution in [3.8, 4) is 17.2 Å². The topological polar surface area (TPSA) is 94.2 Å². The molecule has 1 N–H and O–H groups in total. The van der Waals surface area contributed by atoms with Gasteiger partial charge in [0, 0.05) is 12.6 Å². The SMILES string of the molecule is CCOc1ccc(CCCNC(=O)CN(c2cc(C)cc(C)c2)S(=O)(=O)c2ccc(OC)c(OC)c2)cc1. The third-order valence-corrected chi connectivity index (χ3v) is 7.69. The van der Waals surface area contributed by atoms with E-state index in [0.717, 1.165) is 33.2 Å². The Morgan fingerprint density at radius 1 is 0.895 bits per heavy atom. The number of hydrogen-bond donors (Lipinski definition) is 1. The molecule has 0 aliphatic carbocycles. The van der Waals surface area contributed by atoms with Crippen LogP contribution in [0.15, 0.2) is 65.6 Å². The van der Waals surface area contributed by atoms with Crippen LogP contribution in [0.1, 0.15) is 30.0 Å². The van der Waals surface area contributed by atoms with Gasteiger partial charge in [-0.3, -0.25) is 9.10 Å². The highest BCUT2D eigenvalue weighted by Crippen LogP contribution is 2.32. The molecule has 0 saturated heterocycles. The molecule has 0 heterocycles. The summed E-state index contributed by atoms with van der Waals surface area (Å²) in [5.41, 5.74) is 3.34. The van der Waals surface area contributed by atoms with Crippen LogP contribution in [0.2, 0.25) is 0 Å². The summed E-state index contributed by atoms with van der Waals surface area (Å²) in [6.07, 6.45) is 1.49. The molecule has 38 heavy (non-hydrogen) atoms. The third-order valence-electron chi connectivity index (χ3n) is 5.92. The molecule has 0 aliphatic heterocycles. The van der Waals surface area contributed by atoms with E-state index in [9.17, 15) is 13.2 Å². The summed E-state index contributed by atoms with van der Waals surface area (Å²) in [5, 5.41) is 2.86. The highest BCUT2D eigenvalue weighted by molar-refractivity contribution is 7.92. The Morgan fingerprint density at radius 3 is 2.16 bits per heavy atom. The van der Waals surface area contributed by atoms with Gasteiger partial charge in [-0.15, -0.1) is 0 Å². The number of carbonyl (C=O) groups is 1. The zero-order chi connectivity index (χ0) is 27.7. The van der Waals surface area contributed by atoms with Gasteiger partial charge < -0.3 is 19.5 Å². The van der Waals surface area contributed by atoms with E-state index < -0.39 is 10.0 Å². The van der Waals surface area contributed by atoms with E-state index in [0.29, 0.717) is 31.0 Å². The van der Waals surface area contributed by atoms with Crippen molar-refractivity contribution in [2.75, 3.05) is 38.2 Å². The van der Waals surface area contributed by atoms with Crippen LogP contribution in [-0.4, -0.2) is 48.2 Å². The summed E-state index contributed by atoms with van der Waals surface area (Å²) >= 11 is 0. The third kappa shape index (κ3) is 7.41. The Labute approximate surface area is 225 Å². The van der Waals surface area contributed by atoms with Crippen molar-refractivity contribution in [1.82, 2.24) is 5.32 Å². The fourth-order valence-electron chi connectivity index (χ4n) is 4.14. The predicted octanol–water partition coefficient (Wildman–Crippen LogP) is 4.66. The fraction of sp³-hybridized carbons (Fsp3) is 0.345. The Hall–Kier alpha value is -3.72. The van der Waals surface area contributed by atoms with Gasteiger partial charge in [-0.2, -0.15) is 0 Å². The zero-order valence-corrected chi connectivity index (χ0v) is 23.4. The quantitative estimate of drug-likeness (QED) is 0.317. The van der Waals surface area contributed by atoms with Gasteiger partial charge in [0.2, 0.25) is 5.91 Å². The molecule has 1 amide bonds. The summed E-state index contributed by atoms with van der Waals surface area (Å²) in [5.74, 6) is 1.13. The average Bonchev–Trinajstić information content (AvgIpc) is 2.89. The van der Waals surface area contributed by atoms with Crippen molar-refractivity contribution in [1.29, 1.82) is 0 Å². The highest BCUT2D eigenvalue weighted by Gasteiger charge is 2.28. The monoisotopic (exact) mass is 540 g/mol. The second-order valence-electron chi connectivity index (χ2n) is 8.90. The number of amides is 1. The smallest absolute Gasteiger partial charge is 0.264 e. The molecule has 0 spiro atoms. The summed E-state index contributed by atoms with van der Waals surface area (Å²) < 4.78 is 44.7. The van der Waals surface area contributed by atoms with E-state index in [1.807, 2.05) is 51.1 Å². The van der Waals surface area contributed by atoms with E-state index >= 15 is 0 Å². The van der Waals surface area contributed by atoms with Gasteiger partial charge in [0.05, 0.1) is 31.4 Å². The van der Waals surface area contributed by atoms with Crippen LogP contribution in [0.3, 0.4) is 0 Å². The molecule has 0 aliphatic rings. The Morgan fingerprint density at radius 2 is 1.55 bits per heavy atom. The summed E-state index contributed by atoms with van der Waals surface area (Å²) in [6.45, 7) is 6.40. The second kappa shape index (κ2) is 13.2. The number of benzene rings is 3. The van der Waals surface area contributed by atoms with E-state index in [1.165, 1.54) is 32.4 Å². The molecule has 0 fully saturated rings. The molecule has 0 saturated carbocycles. The lowest BCUT2D eigenvalue weighted by Crippen LogP contribution is -2.41. The Bertz CT molecular complexity index is 1320. The van der Waals surface area contributed by atoms with Gasteiger partial charge in [-0.25, -0.2) is 8.42 Å². The van der Waals surface area contributed by atoms with Crippen molar-refractivity contribution < 1.29 is 27.4 Å². The average molecular weight is 541 g/mol. The maximum Gasteiger partial charge on any atom is 0.264 e. The molecule has 8 nitrogen and oxygen atoms in total. The van der Waals surface area contributed by atoms with E-state index in [1.54, 1.807) is 12.1 Å². The normalized spacial score (nSPS) is 11.1. The first-order valence-corrected chi connectivity index (χ1v) is 13.9. The van der Waals surface area contributed by atoms with Crippen molar-refractivity contribution in [3.05, 3.63) is 77.4 Å². The van der Waals surface area contributed by atoms with Gasteiger partial charge in [-0.05, 0) is 86.7 Å². The number of carbonyl (C=O) groups excluding carboxylic acids is 1. The number of hydrogen-bond acceptors (Lipinski definition) is 6. The van der Waals surface area contributed by atoms with Crippen molar-refractivity contribution in [2.45, 2.75) is 38.5 Å². The summed E-state index contributed by atoms with van der Waals surface area (Å²) in [6, 6.07) is 17.7. The maximum atomic E-state index is 13.8. The van der Waals surface area contributed by atoms with Crippen LogP contribution in [0.5, 0.6) is 17.2 Å². The van der Waals surface area contributed by atoms with Gasteiger partial charge in [-0.1, -0.05) is 18.2 Å². The summed E-state index contributed by atoms with van der Waals surface area (Å²) in [4.78, 5) is 12.9. The minimum Gasteiger partial charge on any atom is -0.494 e. The first kappa shape index (κ1) is 28.8. The van der Waals surface area contributed by atoms with Crippen LogP contribution < -0.4 is 23.8 Å². The molecule has 0 unspecified atom stereocenters. The lowest BCUT2D eigenvalue weighted by Gasteiger charge is -2.25. The Balaban J connectivity index is 1.75. The van der Waals surface area contributed by atoms with Crippen LogP contribution in [0.25, 0.3) is 0 Å². The van der Waals surface area contributed by atoms with Crippen LogP contribution >= 0.6 is 0 Å². The molecule has 0 radical (unpaired) electrons. The number of nitrogens with one attached hydrogen (secondary N) is 1. The summed E-state index contributed by atoms with van der Waals surface area (Å²) in [7, 11) is -1.18. The van der Waals surface area contributed by atoms with E-state index in [4.69, 9.17) is 14.2 Å². The zero-order valence-electron chi connectivity index (χ0n) is 22.6. The number of anilines is 1. The molecule has 3 rings (SSSR count). The highest BCUT2D eigenvalue weighted by atomic mass is 32.2. The number of methoxy groups -OCH3 is 2. The Kier molecular flexibility index (Phi) is 10.0. The van der Waals surface area contributed by atoms with Crippen LogP contribution in [0.4, 0.5) is 5.69 Å². The fourth-order valence-corrected chi connectivity index (χ4v) is 5.56.